The molecular formula is C19H26F3N7O2. The van der Waals surface area contributed by atoms with Crippen molar-refractivity contribution in [1.29, 1.82) is 0 Å². The van der Waals surface area contributed by atoms with Gasteiger partial charge in [0, 0.05) is 31.5 Å². The maximum Gasteiger partial charge on any atom is 0.421 e. The number of nitrogens with zero attached hydrogens (tertiary/aromatic N) is 5. The third-order valence-electron chi connectivity index (χ3n) is 5.58. The fourth-order valence-corrected chi connectivity index (χ4v) is 3.98. The molecule has 2 fully saturated rings. The summed E-state index contributed by atoms with van der Waals surface area (Å²) in [5, 5.41) is 10.3. The van der Waals surface area contributed by atoms with E-state index in [1.165, 1.54) is 0 Å². The first-order valence-electron chi connectivity index (χ1n) is 10.3. The van der Waals surface area contributed by atoms with Crippen LogP contribution >= 0.6 is 0 Å². The van der Waals surface area contributed by atoms with Crippen LogP contribution in [-0.4, -0.2) is 63.4 Å². The lowest BCUT2D eigenvalue weighted by atomic mass is 10.1. The van der Waals surface area contributed by atoms with Gasteiger partial charge in [0.25, 0.3) is 0 Å². The number of likely N-dealkylation sites (tertiary alicyclic amines) is 1. The first-order valence-corrected chi connectivity index (χ1v) is 10.3. The van der Waals surface area contributed by atoms with Gasteiger partial charge in [-0.25, -0.2) is 4.98 Å². The molecule has 2 aliphatic rings. The van der Waals surface area contributed by atoms with E-state index in [0.717, 1.165) is 19.2 Å². The molecule has 2 saturated heterocycles. The highest BCUT2D eigenvalue weighted by molar-refractivity contribution is 5.58. The lowest BCUT2D eigenvalue weighted by Gasteiger charge is -2.28. The van der Waals surface area contributed by atoms with Crippen LogP contribution in [0.3, 0.4) is 0 Å². The Balaban J connectivity index is 1.51. The van der Waals surface area contributed by atoms with Gasteiger partial charge in [0.2, 0.25) is 12.4 Å². The molecule has 0 radical (unpaired) electrons. The molecule has 12 heteroatoms. The monoisotopic (exact) mass is 441 g/mol. The molecule has 4 rings (SSSR count). The summed E-state index contributed by atoms with van der Waals surface area (Å²) in [7, 11) is 0. The van der Waals surface area contributed by atoms with Crippen LogP contribution in [-0.2, 0) is 15.7 Å². The van der Waals surface area contributed by atoms with Crippen LogP contribution in [0.2, 0.25) is 0 Å². The van der Waals surface area contributed by atoms with Gasteiger partial charge in [-0.05, 0) is 27.2 Å². The Hall–Kier alpha value is -2.44. The fraction of sp³-hybridized carbons (Fsp3) is 0.632. The second-order valence-electron chi connectivity index (χ2n) is 7.60. The molecule has 2 N–H and O–H groups in total. The summed E-state index contributed by atoms with van der Waals surface area (Å²) in [6.07, 6.45) is -1.35. The zero-order chi connectivity index (χ0) is 22.2. The van der Waals surface area contributed by atoms with Gasteiger partial charge in [-0.3, -0.25) is 9.58 Å². The van der Waals surface area contributed by atoms with Crippen molar-refractivity contribution in [2.24, 2.45) is 0 Å². The van der Waals surface area contributed by atoms with Gasteiger partial charge in [0.1, 0.15) is 11.4 Å². The van der Waals surface area contributed by atoms with Gasteiger partial charge in [-0.1, -0.05) is 0 Å². The molecule has 0 amide bonds. The zero-order valence-corrected chi connectivity index (χ0v) is 17.6. The molecule has 9 nitrogen and oxygen atoms in total. The molecule has 2 unspecified atom stereocenters. The van der Waals surface area contributed by atoms with Gasteiger partial charge in [-0.2, -0.15) is 23.3 Å². The predicted molar refractivity (Wildman–Crippen MR) is 107 cm³/mol. The van der Waals surface area contributed by atoms with Crippen LogP contribution in [0.1, 0.15) is 37.6 Å². The first kappa shape index (κ1) is 21.8. The average Bonchev–Trinajstić information content (AvgIpc) is 3.42. The number of rotatable bonds is 6. The largest absolute Gasteiger partial charge is 0.421 e. The van der Waals surface area contributed by atoms with E-state index in [2.05, 4.69) is 37.5 Å². The highest BCUT2D eigenvalue weighted by Crippen LogP contribution is 2.35. The van der Waals surface area contributed by atoms with Gasteiger partial charge in [0.15, 0.2) is 0 Å². The van der Waals surface area contributed by atoms with Crippen molar-refractivity contribution in [2.75, 3.05) is 36.9 Å². The Morgan fingerprint density at radius 3 is 2.68 bits per heavy atom. The highest BCUT2D eigenvalue weighted by Gasteiger charge is 2.39. The van der Waals surface area contributed by atoms with E-state index in [9.17, 15) is 13.2 Å². The fourth-order valence-electron chi connectivity index (χ4n) is 3.98. The number of alkyl halides is 3. The maximum absolute atomic E-state index is 13.2. The summed E-state index contributed by atoms with van der Waals surface area (Å²) in [6.45, 7) is 7.96. The second kappa shape index (κ2) is 8.60. The number of anilines is 3. The summed E-state index contributed by atoms with van der Waals surface area (Å²) >= 11 is 0. The van der Waals surface area contributed by atoms with Gasteiger partial charge in [-0.15, -0.1) is 0 Å². The third kappa shape index (κ3) is 4.46. The maximum atomic E-state index is 13.2. The molecule has 0 aliphatic carbocycles. The first-order chi connectivity index (χ1) is 14.8. The average molecular weight is 441 g/mol. The molecular weight excluding hydrogens is 415 g/mol. The number of ether oxygens (including phenoxy) is 2. The minimum Gasteiger partial charge on any atom is -0.370 e. The molecule has 2 aliphatic heterocycles. The minimum absolute atomic E-state index is 0.0699. The molecule has 0 spiro atoms. The molecule has 31 heavy (non-hydrogen) atoms. The highest BCUT2D eigenvalue weighted by atomic mass is 19.4. The van der Waals surface area contributed by atoms with Crippen molar-refractivity contribution in [1.82, 2.24) is 24.6 Å². The lowest BCUT2D eigenvalue weighted by Crippen LogP contribution is -2.40. The Morgan fingerprint density at radius 2 is 2.00 bits per heavy atom. The van der Waals surface area contributed by atoms with E-state index in [1.807, 2.05) is 17.8 Å². The van der Waals surface area contributed by atoms with Crippen molar-refractivity contribution in [3.05, 3.63) is 23.7 Å². The van der Waals surface area contributed by atoms with Crippen LogP contribution in [0.15, 0.2) is 12.4 Å². The third-order valence-corrected chi connectivity index (χ3v) is 5.58. The normalized spacial score (nSPS) is 22.9. The summed E-state index contributed by atoms with van der Waals surface area (Å²) < 4.78 is 52.7. The molecule has 2 aromatic rings. The summed E-state index contributed by atoms with van der Waals surface area (Å²) in [4.78, 5) is 10.0. The van der Waals surface area contributed by atoms with E-state index >= 15 is 0 Å². The zero-order valence-electron chi connectivity index (χ0n) is 17.6. The van der Waals surface area contributed by atoms with Gasteiger partial charge in [0.05, 0.1) is 30.6 Å². The molecule has 0 bridgehead atoms. The Labute approximate surface area is 177 Å². The van der Waals surface area contributed by atoms with Gasteiger partial charge < -0.3 is 20.1 Å². The van der Waals surface area contributed by atoms with Crippen molar-refractivity contribution < 1.29 is 22.6 Å². The molecule has 0 aromatic carbocycles. The molecule has 2 aromatic heterocycles. The number of aryl methyl sites for hydroxylation is 1. The van der Waals surface area contributed by atoms with Crippen molar-refractivity contribution in [3.63, 3.8) is 0 Å². The molecule has 4 heterocycles. The Bertz CT molecular complexity index is 914. The van der Waals surface area contributed by atoms with Gasteiger partial charge >= 0.3 is 6.18 Å². The van der Waals surface area contributed by atoms with Crippen LogP contribution in [0.25, 0.3) is 0 Å². The van der Waals surface area contributed by atoms with E-state index in [-0.39, 0.29) is 30.3 Å². The molecule has 2 atom stereocenters. The number of aromatic nitrogens is 4. The lowest BCUT2D eigenvalue weighted by molar-refractivity contribution is -0.157. The van der Waals surface area contributed by atoms with E-state index in [1.54, 1.807) is 6.92 Å². The van der Waals surface area contributed by atoms with Crippen LogP contribution in [0.4, 0.5) is 30.6 Å². The van der Waals surface area contributed by atoms with Crippen LogP contribution < -0.4 is 10.6 Å². The summed E-state index contributed by atoms with van der Waals surface area (Å²) in [5.41, 5.74) is 0.442. The SMILES string of the molecule is CCNc1nc(Nc2cn(C3CCN(C4OCCO4)C3C)nc2C)ncc1C(F)(F)F. The minimum atomic E-state index is -4.53. The van der Waals surface area contributed by atoms with Crippen LogP contribution in [0, 0.1) is 6.92 Å². The van der Waals surface area contributed by atoms with E-state index in [0.29, 0.717) is 31.1 Å². The topological polar surface area (TPSA) is 89.4 Å². The van der Waals surface area contributed by atoms with Crippen molar-refractivity contribution in [2.45, 2.75) is 51.9 Å². The Morgan fingerprint density at radius 1 is 1.26 bits per heavy atom. The molecule has 170 valence electrons. The van der Waals surface area contributed by atoms with E-state index in [4.69, 9.17) is 9.47 Å². The predicted octanol–water partition coefficient (Wildman–Crippen LogP) is 3.14. The molecule has 0 saturated carbocycles. The smallest absolute Gasteiger partial charge is 0.370 e. The number of hydrogen-bond donors (Lipinski definition) is 2. The quantitative estimate of drug-likeness (QED) is 0.707. The van der Waals surface area contributed by atoms with E-state index < -0.39 is 11.7 Å². The summed E-state index contributed by atoms with van der Waals surface area (Å²) in [5.74, 6) is -0.186. The van der Waals surface area contributed by atoms with Crippen molar-refractivity contribution >= 4 is 17.5 Å². The standard InChI is InChI=1S/C19H26F3N7O2/c1-4-23-16-13(19(20,21)22)9-24-17(26-16)25-14-10-29(27-11(14)2)15-5-6-28(12(15)3)18-30-7-8-31-18/h9-10,12,15,18H,4-8H2,1-3H3,(H2,23,24,25,26). The second-order valence-corrected chi connectivity index (χ2v) is 7.60. The van der Waals surface area contributed by atoms with Crippen LogP contribution in [0.5, 0.6) is 0 Å². The summed E-state index contributed by atoms with van der Waals surface area (Å²) in [6, 6.07) is 0.269. The number of halogens is 3. The van der Waals surface area contributed by atoms with Crippen molar-refractivity contribution in [3.8, 4) is 0 Å². The Kier molecular flexibility index (Phi) is 6.04. The number of nitrogens with one attached hydrogen (secondary N) is 2. The number of hydrogen-bond acceptors (Lipinski definition) is 8.